The minimum absolute atomic E-state index is 0.265. The molecule has 4 heterocycles. The zero-order chi connectivity index (χ0) is 21.6. The van der Waals surface area contributed by atoms with Gasteiger partial charge in [0.1, 0.15) is 11.8 Å². The van der Waals surface area contributed by atoms with Gasteiger partial charge < -0.3 is 5.32 Å². The summed E-state index contributed by atoms with van der Waals surface area (Å²) in [6, 6.07) is 7.77. The molecule has 1 N–H and O–H groups in total. The molecule has 8 heteroatoms. The van der Waals surface area contributed by atoms with Crippen LogP contribution in [-0.2, 0) is 13.1 Å². The standard InChI is InChI=1S/C23H28N8/c1-3-4-12-31-16-18(17(2)29-31)15-30-11-5-6-22(30)21-9-10-25-23(28-21)27-20-8-7-19(13-24)26-14-20/h7-10,14,16,22H,3-6,11-12,15H2,1-2H3,(H,25,27,28)/t22-/m1/s1. The monoisotopic (exact) mass is 416 g/mol. The molecule has 0 amide bonds. The second-order valence-corrected chi connectivity index (χ2v) is 7.96. The molecule has 4 rings (SSSR count). The van der Waals surface area contributed by atoms with Gasteiger partial charge in [0.15, 0.2) is 0 Å². The van der Waals surface area contributed by atoms with Crippen LogP contribution in [0.15, 0.2) is 36.8 Å². The highest BCUT2D eigenvalue weighted by atomic mass is 15.3. The number of unbranched alkanes of at least 4 members (excludes halogenated alkanes) is 1. The molecule has 160 valence electrons. The lowest BCUT2D eigenvalue weighted by Crippen LogP contribution is -2.24. The number of pyridine rings is 1. The summed E-state index contributed by atoms with van der Waals surface area (Å²) < 4.78 is 2.08. The predicted molar refractivity (Wildman–Crippen MR) is 119 cm³/mol. The van der Waals surface area contributed by atoms with Crippen molar-refractivity contribution in [2.75, 3.05) is 11.9 Å². The molecule has 3 aromatic heterocycles. The normalized spacial score (nSPS) is 16.4. The fraction of sp³-hybridized carbons (Fsp3) is 0.435. The van der Waals surface area contributed by atoms with Crippen molar-refractivity contribution < 1.29 is 0 Å². The van der Waals surface area contributed by atoms with Gasteiger partial charge in [-0.15, -0.1) is 0 Å². The molecule has 1 saturated heterocycles. The first kappa shape index (κ1) is 20.9. The van der Waals surface area contributed by atoms with Gasteiger partial charge in [0.2, 0.25) is 5.95 Å². The third kappa shape index (κ3) is 5.06. The highest BCUT2D eigenvalue weighted by molar-refractivity contribution is 5.52. The smallest absolute Gasteiger partial charge is 0.227 e. The molecule has 1 aliphatic rings. The lowest BCUT2D eigenvalue weighted by molar-refractivity contribution is 0.244. The Labute approximate surface area is 183 Å². The summed E-state index contributed by atoms with van der Waals surface area (Å²) in [5.41, 5.74) is 4.57. The minimum Gasteiger partial charge on any atom is -0.323 e. The molecule has 0 unspecified atom stereocenters. The first-order valence-electron chi connectivity index (χ1n) is 10.9. The lowest BCUT2D eigenvalue weighted by atomic mass is 10.1. The Kier molecular flexibility index (Phi) is 6.53. The summed E-state index contributed by atoms with van der Waals surface area (Å²) in [7, 11) is 0. The molecule has 0 bridgehead atoms. The van der Waals surface area contributed by atoms with Crippen LogP contribution in [-0.4, -0.2) is 36.2 Å². The number of nitrogens with zero attached hydrogens (tertiary/aromatic N) is 7. The van der Waals surface area contributed by atoms with Crippen LogP contribution in [0.4, 0.5) is 11.6 Å². The maximum Gasteiger partial charge on any atom is 0.227 e. The van der Waals surface area contributed by atoms with E-state index in [0.717, 1.165) is 56.0 Å². The van der Waals surface area contributed by atoms with Crippen molar-refractivity contribution >= 4 is 11.6 Å². The van der Waals surface area contributed by atoms with E-state index in [1.54, 1.807) is 18.5 Å². The summed E-state index contributed by atoms with van der Waals surface area (Å²) in [6.45, 7) is 7.22. The summed E-state index contributed by atoms with van der Waals surface area (Å²) in [6.07, 6.45) is 10.2. The van der Waals surface area contributed by atoms with E-state index in [9.17, 15) is 0 Å². The van der Waals surface area contributed by atoms with Crippen molar-refractivity contribution in [3.63, 3.8) is 0 Å². The molecular weight excluding hydrogens is 388 g/mol. The molecule has 8 nitrogen and oxygen atoms in total. The van der Waals surface area contributed by atoms with Gasteiger partial charge in [-0.3, -0.25) is 9.58 Å². The van der Waals surface area contributed by atoms with Crippen molar-refractivity contribution in [1.82, 2.24) is 29.6 Å². The van der Waals surface area contributed by atoms with Crippen LogP contribution in [0.1, 0.15) is 61.3 Å². The van der Waals surface area contributed by atoms with Gasteiger partial charge in [-0.05, 0) is 50.9 Å². The SMILES string of the molecule is CCCCn1cc(CN2CCC[C@@H]2c2ccnc(Nc3ccc(C#N)nc3)n2)c(C)n1. The molecular formula is C23H28N8. The maximum atomic E-state index is 8.90. The predicted octanol–water partition coefficient (Wildman–Crippen LogP) is 4.13. The van der Waals surface area contributed by atoms with E-state index in [0.29, 0.717) is 11.6 Å². The van der Waals surface area contributed by atoms with Crippen molar-refractivity contribution in [2.45, 2.75) is 58.7 Å². The van der Waals surface area contributed by atoms with Crippen LogP contribution >= 0.6 is 0 Å². The van der Waals surface area contributed by atoms with Crippen LogP contribution in [0, 0.1) is 18.3 Å². The Hall–Kier alpha value is -3.31. The van der Waals surface area contributed by atoms with E-state index in [1.807, 2.05) is 18.2 Å². The number of aryl methyl sites for hydroxylation is 2. The maximum absolute atomic E-state index is 8.90. The van der Waals surface area contributed by atoms with Gasteiger partial charge in [-0.25, -0.2) is 15.0 Å². The molecule has 31 heavy (non-hydrogen) atoms. The second-order valence-electron chi connectivity index (χ2n) is 7.96. The average molecular weight is 417 g/mol. The largest absolute Gasteiger partial charge is 0.323 e. The quantitative estimate of drug-likeness (QED) is 0.590. The van der Waals surface area contributed by atoms with E-state index < -0.39 is 0 Å². The van der Waals surface area contributed by atoms with Gasteiger partial charge in [0.05, 0.1) is 29.3 Å². The second kappa shape index (κ2) is 9.67. The van der Waals surface area contributed by atoms with Gasteiger partial charge in [0.25, 0.3) is 0 Å². The topological polar surface area (TPSA) is 95.6 Å². The Balaban J connectivity index is 1.46. The van der Waals surface area contributed by atoms with Crippen LogP contribution in [0.2, 0.25) is 0 Å². The number of hydrogen-bond acceptors (Lipinski definition) is 7. The Morgan fingerprint density at radius 1 is 1.26 bits per heavy atom. The number of anilines is 2. The van der Waals surface area contributed by atoms with Crippen molar-refractivity contribution in [2.24, 2.45) is 0 Å². The molecule has 0 radical (unpaired) electrons. The zero-order valence-electron chi connectivity index (χ0n) is 18.1. The third-order valence-corrected chi connectivity index (χ3v) is 5.68. The Morgan fingerprint density at radius 3 is 2.94 bits per heavy atom. The number of hydrogen-bond donors (Lipinski definition) is 1. The molecule has 0 saturated carbocycles. The van der Waals surface area contributed by atoms with Gasteiger partial charge in [0, 0.05) is 31.0 Å². The average Bonchev–Trinajstić information content (AvgIpc) is 3.39. The number of aromatic nitrogens is 5. The Morgan fingerprint density at radius 2 is 2.16 bits per heavy atom. The zero-order valence-corrected chi connectivity index (χ0v) is 18.1. The van der Waals surface area contributed by atoms with E-state index in [-0.39, 0.29) is 6.04 Å². The molecule has 1 atom stereocenters. The van der Waals surface area contributed by atoms with Gasteiger partial charge in [-0.2, -0.15) is 10.4 Å². The van der Waals surface area contributed by atoms with Crippen molar-refractivity contribution in [3.05, 3.63) is 59.4 Å². The van der Waals surface area contributed by atoms with Crippen LogP contribution in [0.5, 0.6) is 0 Å². The first-order valence-corrected chi connectivity index (χ1v) is 10.9. The number of nitriles is 1. The van der Waals surface area contributed by atoms with Crippen LogP contribution in [0.25, 0.3) is 0 Å². The molecule has 0 aromatic carbocycles. The highest BCUT2D eigenvalue weighted by Crippen LogP contribution is 2.33. The molecule has 3 aromatic rings. The fourth-order valence-corrected chi connectivity index (χ4v) is 4.00. The summed E-state index contributed by atoms with van der Waals surface area (Å²) in [5.74, 6) is 0.541. The molecule has 0 aliphatic carbocycles. The van der Waals surface area contributed by atoms with Crippen molar-refractivity contribution in [3.8, 4) is 6.07 Å². The molecule has 0 spiro atoms. The van der Waals surface area contributed by atoms with Crippen LogP contribution in [0.3, 0.4) is 0 Å². The number of likely N-dealkylation sites (tertiary alicyclic amines) is 1. The molecule has 1 fully saturated rings. The lowest BCUT2D eigenvalue weighted by Gasteiger charge is -2.24. The third-order valence-electron chi connectivity index (χ3n) is 5.68. The van der Waals surface area contributed by atoms with E-state index >= 15 is 0 Å². The summed E-state index contributed by atoms with van der Waals surface area (Å²) in [5, 5.41) is 16.8. The highest BCUT2D eigenvalue weighted by Gasteiger charge is 2.28. The fourth-order valence-electron chi connectivity index (χ4n) is 4.00. The van der Waals surface area contributed by atoms with Crippen molar-refractivity contribution in [1.29, 1.82) is 5.26 Å². The summed E-state index contributed by atoms with van der Waals surface area (Å²) >= 11 is 0. The van der Waals surface area contributed by atoms with Gasteiger partial charge in [-0.1, -0.05) is 13.3 Å². The summed E-state index contributed by atoms with van der Waals surface area (Å²) in [4.78, 5) is 15.7. The van der Waals surface area contributed by atoms with E-state index in [4.69, 9.17) is 10.2 Å². The van der Waals surface area contributed by atoms with E-state index in [1.165, 1.54) is 12.0 Å². The minimum atomic E-state index is 0.265. The number of rotatable bonds is 8. The number of nitrogens with one attached hydrogen (secondary N) is 1. The molecule has 1 aliphatic heterocycles. The van der Waals surface area contributed by atoms with E-state index in [2.05, 4.69) is 50.0 Å². The van der Waals surface area contributed by atoms with Gasteiger partial charge >= 0.3 is 0 Å². The van der Waals surface area contributed by atoms with Crippen LogP contribution < -0.4 is 5.32 Å². The first-order chi connectivity index (χ1) is 15.2. The Bertz CT molecular complexity index is 1050.